The lowest BCUT2D eigenvalue weighted by molar-refractivity contribution is 0.322. The molecule has 0 saturated heterocycles. The largest absolute Gasteiger partial charge is 0.492 e. The van der Waals surface area contributed by atoms with Gasteiger partial charge in [-0.2, -0.15) is 0 Å². The summed E-state index contributed by atoms with van der Waals surface area (Å²) in [6, 6.07) is 13.3. The standard InChI is InChI=1S/C17H20N6O2/c1-18-17(19-9-11-24-13-6-3-2-4-7-13)20-12-15-21-16(23-22-15)14-8-5-10-25-14/h2-8,10H,9,11-12H2,1H3,(H2,18,19,20)(H,21,22,23). The molecule has 0 unspecified atom stereocenters. The number of nitrogens with zero attached hydrogens (tertiary/aromatic N) is 3. The summed E-state index contributed by atoms with van der Waals surface area (Å²) in [5, 5.41) is 13.3. The molecule has 0 aliphatic rings. The summed E-state index contributed by atoms with van der Waals surface area (Å²) in [7, 11) is 1.71. The van der Waals surface area contributed by atoms with E-state index in [4.69, 9.17) is 9.15 Å². The van der Waals surface area contributed by atoms with Gasteiger partial charge in [0, 0.05) is 7.05 Å². The first kappa shape index (κ1) is 16.6. The highest BCUT2D eigenvalue weighted by atomic mass is 16.5. The Bertz CT molecular complexity index is 783. The van der Waals surface area contributed by atoms with Gasteiger partial charge >= 0.3 is 0 Å². The van der Waals surface area contributed by atoms with E-state index in [2.05, 4.69) is 30.8 Å². The van der Waals surface area contributed by atoms with Crippen LogP contribution in [0.1, 0.15) is 5.82 Å². The Hall–Kier alpha value is -3.29. The van der Waals surface area contributed by atoms with Gasteiger partial charge in [0.05, 0.1) is 19.4 Å². The molecule has 0 atom stereocenters. The number of aromatic amines is 1. The van der Waals surface area contributed by atoms with Crippen molar-refractivity contribution < 1.29 is 9.15 Å². The van der Waals surface area contributed by atoms with Gasteiger partial charge in [-0.3, -0.25) is 10.1 Å². The van der Waals surface area contributed by atoms with Crippen molar-refractivity contribution in [1.82, 2.24) is 25.8 Å². The normalized spacial score (nSPS) is 11.3. The second-order valence-corrected chi connectivity index (χ2v) is 5.10. The number of benzene rings is 1. The number of nitrogens with one attached hydrogen (secondary N) is 3. The number of para-hydroxylation sites is 1. The third-order valence-corrected chi connectivity index (χ3v) is 3.33. The quantitative estimate of drug-likeness (QED) is 0.344. The Morgan fingerprint density at radius 2 is 2.08 bits per heavy atom. The number of aromatic nitrogens is 3. The van der Waals surface area contributed by atoms with E-state index in [1.165, 1.54) is 0 Å². The predicted octanol–water partition coefficient (Wildman–Crippen LogP) is 1.81. The molecular formula is C17H20N6O2. The van der Waals surface area contributed by atoms with E-state index in [9.17, 15) is 0 Å². The summed E-state index contributed by atoms with van der Waals surface area (Å²) in [6.45, 7) is 1.63. The smallest absolute Gasteiger partial charge is 0.216 e. The fourth-order valence-electron chi connectivity index (χ4n) is 2.13. The molecule has 8 nitrogen and oxygen atoms in total. The molecular weight excluding hydrogens is 320 g/mol. The Kier molecular flexibility index (Phi) is 5.65. The lowest BCUT2D eigenvalue weighted by atomic mass is 10.3. The van der Waals surface area contributed by atoms with E-state index in [0.717, 1.165) is 5.75 Å². The second kappa shape index (κ2) is 8.53. The van der Waals surface area contributed by atoms with Gasteiger partial charge in [-0.1, -0.05) is 18.2 Å². The summed E-state index contributed by atoms with van der Waals surface area (Å²) < 4.78 is 10.9. The SMILES string of the molecule is CN=C(NCCOc1ccccc1)NCc1nc(-c2ccco2)n[nH]1. The fraction of sp³-hybridized carbons (Fsp3) is 0.235. The molecule has 3 N–H and O–H groups in total. The zero-order chi connectivity index (χ0) is 17.3. The average Bonchev–Trinajstić information content (AvgIpc) is 3.33. The molecule has 0 saturated carbocycles. The third-order valence-electron chi connectivity index (χ3n) is 3.33. The van der Waals surface area contributed by atoms with Crippen molar-refractivity contribution in [2.24, 2.45) is 4.99 Å². The molecule has 8 heteroatoms. The van der Waals surface area contributed by atoms with Crippen LogP contribution in [0.15, 0.2) is 58.1 Å². The maximum absolute atomic E-state index is 5.62. The van der Waals surface area contributed by atoms with Gasteiger partial charge in [0.2, 0.25) is 5.82 Å². The minimum atomic E-state index is 0.465. The lowest BCUT2D eigenvalue weighted by Crippen LogP contribution is -2.39. The van der Waals surface area contributed by atoms with Crippen molar-refractivity contribution in [2.75, 3.05) is 20.2 Å². The minimum absolute atomic E-state index is 0.465. The van der Waals surface area contributed by atoms with Gasteiger partial charge in [-0.15, -0.1) is 5.10 Å². The highest BCUT2D eigenvalue weighted by Gasteiger charge is 2.08. The summed E-state index contributed by atoms with van der Waals surface area (Å²) >= 11 is 0. The monoisotopic (exact) mass is 340 g/mol. The Balaban J connectivity index is 1.40. The van der Waals surface area contributed by atoms with Gasteiger partial charge in [-0.25, -0.2) is 4.98 Å². The van der Waals surface area contributed by atoms with Crippen molar-refractivity contribution in [2.45, 2.75) is 6.54 Å². The molecule has 25 heavy (non-hydrogen) atoms. The molecule has 0 spiro atoms. The van der Waals surface area contributed by atoms with Crippen molar-refractivity contribution in [3.05, 3.63) is 54.6 Å². The van der Waals surface area contributed by atoms with Crippen LogP contribution in [0, 0.1) is 0 Å². The molecule has 2 aromatic heterocycles. The van der Waals surface area contributed by atoms with Crippen molar-refractivity contribution >= 4 is 5.96 Å². The molecule has 3 rings (SSSR count). The predicted molar refractivity (Wildman–Crippen MR) is 94.2 cm³/mol. The van der Waals surface area contributed by atoms with Gasteiger partial charge in [0.25, 0.3) is 0 Å². The second-order valence-electron chi connectivity index (χ2n) is 5.10. The van der Waals surface area contributed by atoms with Crippen LogP contribution in [-0.4, -0.2) is 41.3 Å². The fourth-order valence-corrected chi connectivity index (χ4v) is 2.13. The molecule has 130 valence electrons. The van der Waals surface area contributed by atoms with Gasteiger partial charge < -0.3 is 19.8 Å². The molecule has 2 heterocycles. The summed E-state index contributed by atoms with van der Waals surface area (Å²) in [5.41, 5.74) is 0. The highest BCUT2D eigenvalue weighted by Crippen LogP contribution is 2.14. The molecule has 0 bridgehead atoms. The van der Waals surface area contributed by atoms with E-state index in [1.807, 2.05) is 36.4 Å². The van der Waals surface area contributed by atoms with E-state index < -0.39 is 0 Å². The third kappa shape index (κ3) is 4.84. The topological polar surface area (TPSA) is 100 Å². The van der Waals surface area contributed by atoms with Gasteiger partial charge in [0.1, 0.15) is 18.2 Å². The van der Waals surface area contributed by atoms with Crippen molar-refractivity contribution in [3.8, 4) is 17.3 Å². The number of hydrogen-bond acceptors (Lipinski definition) is 5. The Morgan fingerprint density at radius 1 is 1.20 bits per heavy atom. The van der Waals surface area contributed by atoms with Crippen LogP contribution in [0.25, 0.3) is 11.6 Å². The van der Waals surface area contributed by atoms with Crippen molar-refractivity contribution in [1.29, 1.82) is 0 Å². The molecule has 0 fully saturated rings. The van der Waals surface area contributed by atoms with Crippen LogP contribution in [0.3, 0.4) is 0 Å². The number of ether oxygens (including phenoxy) is 1. The molecule has 0 radical (unpaired) electrons. The van der Waals surface area contributed by atoms with E-state index in [1.54, 1.807) is 19.4 Å². The van der Waals surface area contributed by atoms with E-state index >= 15 is 0 Å². The first-order valence-corrected chi connectivity index (χ1v) is 7.92. The number of rotatable bonds is 7. The van der Waals surface area contributed by atoms with Crippen LogP contribution >= 0.6 is 0 Å². The highest BCUT2D eigenvalue weighted by molar-refractivity contribution is 5.79. The zero-order valence-electron chi connectivity index (χ0n) is 13.9. The lowest BCUT2D eigenvalue weighted by Gasteiger charge is -2.11. The van der Waals surface area contributed by atoms with Gasteiger partial charge in [0.15, 0.2) is 11.7 Å². The Morgan fingerprint density at radius 3 is 2.84 bits per heavy atom. The number of guanidine groups is 1. The van der Waals surface area contributed by atoms with E-state index in [0.29, 0.717) is 43.1 Å². The van der Waals surface area contributed by atoms with E-state index in [-0.39, 0.29) is 0 Å². The molecule has 0 aliphatic heterocycles. The van der Waals surface area contributed by atoms with Crippen LogP contribution in [0.5, 0.6) is 5.75 Å². The first-order chi connectivity index (χ1) is 12.3. The molecule has 0 aliphatic carbocycles. The van der Waals surface area contributed by atoms with Crippen LogP contribution < -0.4 is 15.4 Å². The molecule has 0 amide bonds. The number of H-pyrrole nitrogens is 1. The number of hydrogen-bond donors (Lipinski definition) is 3. The van der Waals surface area contributed by atoms with Crippen LogP contribution in [-0.2, 0) is 6.54 Å². The zero-order valence-corrected chi connectivity index (χ0v) is 13.9. The molecule has 3 aromatic rings. The molecule has 1 aromatic carbocycles. The van der Waals surface area contributed by atoms with Crippen LogP contribution in [0.4, 0.5) is 0 Å². The number of aliphatic imine (C=N–C) groups is 1. The number of furan rings is 1. The Labute approximate surface area is 145 Å². The minimum Gasteiger partial charge on any atom is -0.492 e. The maximum Gasteiger partial charge on any atom is 0.216 e. The maximum atomic E-state index is 5.62. The summed E-state index contributed by atoms with van der Waals surface area (Å²) in [5.74, 6) is 3.35. The average molecular weight is 340 g/mol. The summed E-state index contributed by atoms with van der Waals surface area (Å²) in [6.07, 6.45) is 1.59. The van der Waals surface area contributed by atoms with Crippen LogP contribution in [0.2, 0.25) is 0 Å². The first-order valence-electron chi connectivity index (χ1n) is 7.92. The van der Waals surface area contributed by atoms with Gasteiger partial charge in [-0.05, 0) is 24.3 Å². The summed E-state index contributed by atoms with van der Waals surface area (Å²) in [4.78, 5) is 8.53. The van der Waals surface area contributed by atoms with Crippen molar-refractivity contribution in [3.63, 3.8) is 0 Å².